The Balaban J connectivity index is 1.66. The van der Waals surface area contributed by atoms with E-state index in [1.807, 2.05) is 0 Å². The van der Waals surface area contributed by atoms with E-state index in [1.54, 1.807) is 49.4 Å². The van der Waals surface area contributed by atoms with Gasteiger partial charge in [0.15, 0.2) is 0 Å². The molecule has 0 bridgehead atoms. The molecule has 28 heavy (non-hydrogen) atoms. The number of nitrogens with one attached hydrogen (secondary N) is 2. The molecule has 144 valence electrons. The van der Waals surface area contributed by atoms with Crippen molar-refractivity contribution in [2.24, 2.45) is 0 Å². The number of benzene rings is 3. The molecule has 0 aromatic heterocycles. The van der Waals surface area contributed by atoms with E-state index < -0.39 is 10.0 Å². The highest BCUT2D eigenvalue weighted by atomic mass is 32.2. The van der Waals surface area contributed by atoms with Gasteiger partial charge in [0.2, 0.25) is 0 Å². The van der Waals surface area contributed by atoms with Crippen molar-refractivity contribution in [3.63, 3.8) is 0 Å². The second-order valence-corrected chi connectivity index (χ2v) is 7.94. The highest BCUT2D eigenvalue weighted by Gasteiger charge is 2.15. The summed E-state index contributed by atoms with van der Waals surface area (Å²) in [7, 11) is -3.74. The average Bonchev–Trinajstić information content (AvgIpc) is 2.69. The Bertz CT molecular complexity index is 1080. The topological polar surface area (TPSA) is 75.3 Å². The number of aryl methyl sites for hydroxylation is 1. The molecule has 0 aliphatic rings. The minimum Gasteiger partial charge on any atom is -0.348 e. The zero-order valence-electron chi connectivity index (χ0n) is 15.1. The Morgan fingerprint density at radius 3 is 2.29 bits per heavy atom. The molecule has 3 aromatic rings. The lowest BCUT2D eigenvalue weighted by Crippen LogP contribution is -2.23. The van der Waals surface area contributed by atoms with Crippen LogP contribution in [0, 0.1) is 12.7 Å². The fourth-order valence-electron chi connectivity index (χ4n) is 2.54. The number of anilines is 1. The first-order valence-electron chi connectivity index (χ1n) is 8.56. The molecule has 0 radical (unpaired) electrons. The predicted molar refractivity (Wildman–Crippen MR) is 106 cm³/mol. The summed E-state index contributed by atoms with van der Waals surface area (Å²) in [5, 5.41) is 2.69. The lowest BCUT2D eigenvalue weighted by molar-refractivity contribution is 0.0950. The second-order valence-electron chi connectivity index (χ2n) is 6.26. The Labute approximate surface area is 163 Å². The van der Waals surface area contributed by atoms with Crippen LogP contribution in [0.5, 0.6) is 0 Å². The number of sulfonamides is 1. The molecule has 0 saturated heterocycles. The third-order valence-electron chi connectivity index (χ3n) is 4.14. The molecule has 0 spiro atoms. The molecule has 0 heterocycles. The second kappa shape index (κ2) is 8.22. The van der Waals surface area contributed by atoms with Crippen molar-refractivity contribution in [1.29, 1.82) is 0 Å². The van der Waals surface area contributed by atoms with Crippen molar-refractivity contribution >= 4 is 21.6 Å². The molecule has 0 saturated carbocycles. The molecule has 0 atom stereocenters. The van der Waals surface area contributed by atoms with Gasteiger partial charge >= 0.3 is 0 Å². The van der Waals surface area contributed by atoms with E-state index in [1.165, 1.54) is 30.3 Å². The van der Waals surface area contributed by atoms with Crippen molar-refractivity contribution in [3.05, 3.63) is 95.3 Å². The van der Waals surface area contributed by atoms with Crippen LogP contribution < -0.4 is 10.0 Å². The number of halogens is 1. The highest BCUT2D eigenvalue weighted by Crippen LogP contribution is 2.16. The smallest absolute Gasteiger partial charge is 0.261 e. The minimum atomic E-state index is -3.74. The van der Waals surface area contributed by atoms with Crippen LogP contribution in [0.15, 0.2) is 77.7 Å². The van der Waals surface area contributed by atoms with Crippen LogP contribution in [0.3, 0.4) is 0 Å². The lowest BCUT2D eigenvalue weighted by atomic mass is 10.1. The largest absolute Gasteiger partial charge is 0.348 e. The summed E-state index contributed by atoms with van der Waals surface area (Å²) in [6, 6.07) is 18.9. The van der Waals surface area contributed by atoms with Crippen molar-refractivity contribution < 1.29 is 17.6 Å². The van der Waals surface area contributed by atoms with Gasteiger partial charge in [-0.1, -0.05) is 30.3 Å². The predicted octanol–water partition coefficient (Wildman–Crippen LogP) is 3.86. The maximum atomic E-state index is 13.6. The summed E-state index contributed by atoms with van der Waals surface area (Å²) >= 11 is 0. The van der Waals surface area contributed by atoms with Crippen LogP contribution in [-0.2, 0) is 16.6 Å². The maximum absolute atomic E-state index is 13.6. The Morgan fingerprint density at radius 2 is 1.64 bits per heavy atom. The third-order valence-corrected chi connectivity index (χ3v) is 5.54. The van der Waals surface area contributed by atoms with Crippen LogP contribution in [0.25, 0.3) is 0 Å². The van der Waals surface area contributed by atoms with E-state index in [2.05, 4.69) is 10.0 Å². The first-order valence-corrected chi connectivity index (χ1v) is 10.0. The number of hydrogen-bond donors (Lipinski definition) is 2. The number of carbonyl (C=O) groups is 1. The summed E-state index contributed by atoms with van der Waals surface area (Å²) in [6.45, 7) is 1.84. The van der Waals surface area contributed by atoms with E-state index in [9.17, 15) is 17.6 Å². The van der Waals surface area contributed by atoms with Gasteiger partial charge in [-0.2, -0.15) is 0 Å². The minimum absolute atomic E-state index is 0.0495. The fraction of sp³-hybridized carbons (Fsp3) is 0.0952. The van der Waals surface area contributed by atoms with Crippen molar-refractivity contribution in [2.75, 3.05) is 4.72 Å². The quantitative estimate of drug-likeness (QED) is 0.662. The molecule has 3 aromatic carbocycles. The van der Waals surface area contributed by atoms with E-state index in [0.29, 0.717) is 22.4 Å². The van der Waals surface area contributed by atoms with Crippen molar-refractivity contribution in [3.8, 4) is 0 Å². The third kappa shape index (κ3) is 4.75. The molecule has 0 fully saturated rings. The molecule has 0 aliphatic heterocycles. The summed E-state index contributed by atoms with van der Waals surface area (Å²) in [5.74, 6) is -0.701. The van der Waals surface area contributed by atoms with Gasteiger partial charge in [-0.3, -0.25) is 9.52 Å². The molecule has 0 aliphatic carbocycles. The number of amides is 1. The fourth-order valence-corrected chi connectivity index (χ4v) is 3.60. The van der Waals surface area contributed by atoms with E-state index in [-0.39, 0.29) is 23.2 Å². The SMILES string of the molecule is Cc1ccc(CNC(=O)c2ccc(S(=O)(=O)Nc3ccccc3)cc2)cc1F. The monoisotopic (exact) mass is 398 g/mol. The summed E-state index contributed by atoms with van der Waals surface area (Å²) in [5.41, 5.74) is 1.94. The summed E-state index contributed by atoms with van der Waals surface area (Å²) in [4.78, 5) is 12.3. The van der Waals surface area contributed by atoms with Gasteiger partial charge in [0.25, 0.3) is 15.9 Å². The van der Waals surface area contributed by atoms with Gasteiger partial charge in [-0.25, -0.2) is 12.8 Å². The Kier molecular flexibility index (Phi) is 5.75. The molecular weight excluding hydrogens is 379 g/mol. The zero-order valence-corrected chi connectivity index (χ0v) is 16.0. The van der Waals surface area contributed by atoms with Crippen LogP contribution in [0.1, 0.15) is 21.5 Å². The van der Waals surface area contributed by atoms with Gasteiger partial charge in [0.05, 0.1) is 4.90 Å². The number of carbonyl (C=O) groups excluding carboxylic acids is 1. The molecule has 0 unspecified atom stereocenters. The standard InChI is InChI=1S/C21H19FN2O3S/c1-15-7-8-16(13-20(15)22)14-23-21(25)17-9-11-19(12-10-17)28(26,27)24-18-5-3-2-4-6-18/h2-13,24H,14H2,1H3,(H,23,25). The van der Waals surface area contributed by atoms with Gasteiger partial charge < -0.3 is 5.32 Å². The molecule has 3 rings (SSSR count). The van der Waals surface area contributed by atoms with Gasteiger partial charge in [0, 0.05) is 17.8 Å². The lowest BCUT2D eigenvalue weighted by Gasteiger charge is -2.09. The molecule has 7 heteroatoms. The first-order chi connectivity index (χ1) is 13.3. The van der Waals surface area contributed by atoms with Crippen molar-refractivity contribution in [2.45, 2.75) is 18.4 Å². The maximum Gasteiger partial charge on any atom is 0.261 e. The molecule has 1 amide bonds. The Morgan fingerprint density at radius 1 is 0.964 bits per heavy atom. The number of rotatable bonds is 6. The molecule has 2 N–H and O–H groups in total. The molecule has 5 nitrogen and oxygen atoms in total. The Hall–Kier alpha value is -3.19. The van der Waals surface area contributed by atoms with E-state index in [0.717, 1.165) is 0 Å². The average molecular weight is 398 g/mol. The normalized spacial score (nSPS) is 11.1. The molecular formula is C21H19FN2O3S. The highest BCUT2D eigenvalue weighted by molar-refractivity contribution is 7.92. The van der Waals surface area contributed by atoms with Crippen LogP contribution in [0.4, 0.5) is 10.1 Å². The van der Waals surface area contributed by atoms with Crippen LogP contribution in [-0.4, -0.2) is 14.3 Å². The van der Waals surface area contributed by atoms with Gasteiger partial charge in [-0.05, 0) is 60.5 Å². The number of para-hydroxylation sites is 1. The van der Waals surface area contributed by atoms with Crippen molar-refractivity contribution in [1.82, 2.24) is 5.32 Å². The zero-order chi connectivity index (χ0) is 20.1. The van der Waals surface area contributed by atoms with E-state index in [4.69, 9.17) is 0 Å². The number of hydrogen-bond acceptors (Lipinski definition) is 3. The van der Waals surface area contributed by atoms with Gasteiger partial charge in [-0.15, -0.1) is 0 Å². The van der Waals surface area contributed by atoms with Crippen LogP contribution in [0.2, 0.25) is 0 Å². The summed E-state index contributed by atoms with van der Waals surface area (Å²) < 4.78 is 40.9. The summed E-state index contributed by atoms with van der Waals surface area (Å²) in [6.07, 6.45) is 0. The van der Waals surface area contributed by atoms with E-state index >= 15 is 0 Å². The first kappa shape index (κ1) is 19.6. The van der Waals surface area contributed by atoms with Gasteiger partial charge in [0.1, 0.15) is 5.82 Å². The van der Waals surface area contributed by atoms with Crippen LogP contribution >= 0.6 is 0 Å².